The van der Waals surface area contributed by atoms with E-state index >= 15 is 0 Å². The van der Waals surface area contributed by atoms with Crippen LogP contribution in [-0.2, 0) is 12.9 Å². The lowest BCUT2D eigenvalue weighted by Crippen LogP contribution is -2.25. The Labute approximate surface area is 137 Å². The highest BCUT2D eigenvalue weighted by molar-refractivity contribution is 5.92. The van der Waals surface area contributed by atoms with Crippen molar-refractivity contribution in [1.29, 1.82) is 0 Å². The van der Waals surface area contributed by atoms with E-state index in [0.29, 0.717) is 6.54 Å². The number of ether oxygens (including phenoxy) is 1. The summed E-state index contributed by atoms with van der Waals surface area (Å²) >= 11 is 0. The molecule has 8 heteroatoms. The molecule has 0 fully saturated rings. The molecule has 0 radical (unpaired) electrons. The molecule has 130 valence electrons. The van der Waals surface area contributed by atoms with E-state index in [2.05, 4.69) is 10.4 Å². The molecule has 0 atom stereocenters. The van der Waals surface area contributed by atoms with Gasteiger partial charge in [-0.2, -0.15) is 18.3 Å². The van der Waals surface area contributed by atoms with E-state index in [1.807, 2.05) is 6.92 Å². The standard InChI is InChI=1S/C16H18F3N3O2/c1-2-3-8-20-15(23)14-7-9-22(21-14)11-24-13-6-4-5-12(10-13)16(17,18)19/h4-7,9-10H,2-3,8,11H2,1H3,(H,20,23). The Morgan fingerprint density at radius 1 is 1.33 bits per heavy atom. The van der Waals surface area contributed by atoms with Crippen molar-refractivity contribution >= 4 is 5.91 Å². The largest absolute Gasteiger partial charge is 0.471 e. The zero-order valence-corrected chi connectivity index (χ0v) is 13.1. The van der Waals surface area contributed by atoms with Crippen molar-refractivity contribution in [2.24, 2.45) is 0 Å². The molecule has 0 unspecified atom stereocenters. The van der Waals surface area contributed by atoms with Gasteiger partial charge in [-0.25, -0.2) is 4.68 Å². The molecule has 1 N–H and O–H groups in total. The van der Waals surface area contributed by atoms with Gasteiger partial charge in [0.15, 0.2) is 6.73 Å². The van der Waals surface area contributed by atoms with Crippen LogP contribution in [-0.4, -0.2) is 22.2 Å². The number of carbonyl (C=O) groups excluding carboxylic acids is 1. The first-order chi connectivity index (χ1) is 11.4. The van der Waals surface area contributed by atoms with Crippen LogP contribution in [0.1, 0.15) is 35.8 Å². The van der Waals surface area contributed by atoms with Crippen LogP contribution in [0.25, 0.3) is 0 Å². The first-order valence-corrected chi connectivity index (χ1v) is 7.52. The lowest BCUT2D eigenvalue weighted by Gasteiger charge is -2.10. The smallest absolute Gasteiger partial charge is 0.416 e. The average molecular weight is 341 g/mol. The highest BCUT2D eigenvalue weighted by atomic mass is 19.4. The quantitative estimate of drug-likeness (QED) is 0.785. The number of alkyl halides is 3. The van der Waals surface area contributed by atoms with Gasteiger partial charge in [-0.05, 0) is 30.7 Å². The third-order valence-electron chi connectivity index (χ3n) is 3.21. The molecular weight excluding hydrogens is 323 g/mol. The van der Waals surface area contributed by atoms with Gasteiger partial charge in [-0.1, -0.05) is 19.4 Å². The second kappa shape index (κ2) is 7.85. The van der Waals surface area contributed by atoms with E-state index in [4.69, 9.17) is 4.74 Å². The summed E-state index contributed by atoms with van der Waals surface area (Å²) in [6.45, 7) is 2.50. The summed E-state index contributed by atoms with van der Waals surface area (Å²) < 4.78 is 44.5. The van der Waals surface area contributed by atoms with Crippen molar-refractivity contribution in [2.45, 2.75) is 32.7 Å². The summed E-state index contributed by atoms with van der Waals surface area (Å²) in [6, 6.07) is 6.11. The number of nitrogens with zero attached hydrogens (tertiary/aromatic N) is 2. The molecule has 1 heterocycles. The maximum atomic E-state index is 12.6. The Hall–Kier alpha value is -2.51. The molecule has 0 bridgehead atoms. The van der Waals surface area contributed by atoms with E-state index < -0.39 is 11.7 Å². The minimum Gasteiger partial charge on any atom is -0.471 e. The molecule has 0 spiro atoms. The topological polar surface area (TPSA) is 56.2 Å². The SMILES string of the molecule is CCCCNC(=O)c1ccn(COc2cccc(C(F)(F)F)c2)n1. The van der Waals surface area contributed by atoms with E-state index in [1.165, 1.54) is 29.1 Å². The summed E-state index contributed by atoms with van der Waals surface area (Å²) in [5.41, 5.74) is -0.546. The van der Waals surface area contributed by atoms with Crippen LogP contribution < -0.4 is 10.1 Å². The van der Waals surface area contributed by atoms with Crippen molar-refractivity contribution in [2.75, 3.05) is 6.54 Å². The van der Waals surface area contributed by atoms with Gasteiger partial charge < -0.3 is 10.1 Å². The van der Waals surface area contributed by atoms with Crippen molar-refractivity contribution in [3.8, 4) is 5.75 Å². The summed E-state index contributed by atoms with van der Waals surface area (Å²) in [7, 11) is 0. The molecular formula is C16H18F3N3O2. The fourth-order valence-electron chi connectivity index (χ4n) is 1.93. The maximum Gasteiger partial charge on any atom is 0.416 e. The number of hydrogen-bond donors (Lipinski definition) is 1. The zero-order chi connectivity index (χ0) is 17.6. The Balaban J connectivity index is 1.92. The number of nitrogens with one attached hydrogen (secondary N) is 1. The first kappa shape index (κ1) is 17.8. The van der Waals surface area contributed by atoms with Gasteiger partial charge in [0.2, 0.25) is 0 Å². The molecule has 0 saturated carbocycles. The fourth-order valence-corrected chi connectivity index (χ4v) is 1.93. The molecule has 0 saturated heterocycles. The van der Waals surface area contributed by atoms with Gasteiger partial charge in [0, 0.05) is 12.7 Å². The lowest BCUT2D eigenvalue weighted by molar-refractivity contribution is -0.137. The fraction of sp³-hybridized carbons (Fsp3) is 0.375. The second-order valence-electron chi connectivity index (χ2n) is 5.15. The van der Waals surface area contributed by atoms with E-state index in [0.717, 1.165) is 25.0 Å². The van der Waals surface area contributed by atoms with Gasteiger partial charge in [0.1, 0.15) is 11.4 Å². The predicted molar refractivity (Wildman–Crippen MR) is 81.5 cm³/mol. The third-order valence-corrected chi connectivity index (χ3v) is 3.21. The number of unbranched alkanes of at least 4 members (excludes halogenated alkanes) is 1. The molecule has 2 aromatic rings. The van der Waals surface area contributed by atoms with Crippen LogP contribution in [0.5, 0.6) is 5.75 Å². The third kappa shape index (κ3) is 5.00. The molecule has 1 amide bonds. The summed E-state index contributed by atoms with van der Waals surface area (Å²) in [4.78, 5) is 11.8. The molecule has 24 heavy (non-hydrogen) atoms. The number of aromatic nitrogens is 2. The maximum absolute atomic E-state index is 12.6. The van der Waals surface area contributed by atoms with Crippen LogP contribution in [0.3, 0.4) is 0 Å². The number of carbonyl (C=O) groups is 1. The molecule has 0 aliphatic carbocycles. The number of benzene rings is 1. The highest BCUT2D eigenvalue weighted by Gasteiger charge is 2.30. The number of halogens is 3. The van der Waals surface area contributed by atoms with Gasteiger partial charge in [0.25, 0.3) is 5.91 Å². The minimum atomic E-state index is -4.42. The highest BCUT2D eigenvalue weighted by Crippen LogP contribution is 2.31. The van der Waals surface area contributed by atoms with Gasteiger partial charge >= 0.3 is 6.18 Å². The number of rotatable bonds is 7. The van der Waals surface area contributed by atoms with Crippen LogP contribution in [0, 0.1) is 0 Å². The lowest BCUT2D eigenvalue weighted by atomic mass is 10.2. The average Bonchev–Trinajstić information content (AvgIpc) is 3.02. The Kier molecular flexibility index (Phi) is 5.83. The Morgan fingerprint density at radius 2 is 2.12 bits per heavy atom. The summed E-state index contributed by atoms with van der Waals surface area (Å²) in [6.07, 6.45) is -1.04. The summed E-state index contributed by atoms with van der Waals surface area (Å²) in [5, 5.41) is 6.76. The van der Waals surface area contributed by atoms with Crippen LogP contribution in [0.4, 0.5) is 13.2 Å². The van der Waals surface area contributed by atoms with Gasteiger partial charge in [-0.3, -0.25) is 4.79 Å². The zero-order valence-electron chi connectivity index (χ0n) is 13.1. The van der Waals surface area contributed by atoms with Crippen molar-refractivity contribution in [3.05, 3.63) is 47.8 Å². The first-order valence-electron chi connectivity index (χ1n) is 7.52. The van der Waals surface area contributed by atoms with E-state index in [1.54, 1.807) is 0 Å². The van der Waals surface area contributed by atoms with Crippen molar-refractivity contribution < 1.29 is 22.7 Å². The monoisotopic (exact) mass is 341 g/mol. The molecule has 1 aromatic carbocycles. The van der Waals surface area contributed by atoms with Crippen molar-refractivity contribution in [1.82, 2.24) is 15.1 Å². The molecule has 2 rings (SSSR count). The van der Waals surface area contributed by atoms with E-state index in [9.17, 15) is 18.0 Å². The van der Waals surface area contributed by atoms with Crippen molar-refractivity contribution in [3.63, 3.8) is 0 Å². The molecule has 0 aliphatic rings. The predicted octanol–water partition coefficient (Wildman–Crippen LogP) is 3.47. The normalized spacial score (nSPS) is 11.3. The van der Waals surface area contributed by atoms with E-state index in [-0.39, 0.29) is 24.1 Å². The molecule has 5 nitrogen and oxygen atoms in total. The minimum absolute atomic E-state index is 0.0780. The van der Waals surface area contributed by atoms with Crippen LogP contribution >= 0.6 is 0 Å². The molecule has 1 aromatic heterocycles. The van der Waals surface area contributed by atoms with Crippen LogP contribution in [0.15, 0.2) is 36.5 Å². The van der Waals surface area contributed by atoms with Crippen LogP contribution in [0.2, 0.25) is 0 Å². The number of amides is 1. The Bertz CT molecular complexity index is 683. The Morgan fingerprint density at radius 3 is 2.83 bits per heavy atom. The molecule has 0 aliphatic heterocycles. The summed E-state index contributed by atoms with van der Waals surface area (Å²) in [5.74, 6) is -0.212. The van der Waals surface area contributed by atoms with Gasteiger partial charge in [-0.15, -0.1) is 0 Å². The van der Waals surface area contributed by atoms with Gasteiger partial charge in [0.05, 0.1) is 5.56 Å². The number of hydrogen-bond acceptors (Lipinski definition) is 3. The second-order valence-corrected chi connectivity index (χ2v) is 5.15.